The molecule has 1 aliphatic heterocycles. The number of piperidine rings is 1. The topological polar surface area (TPSA) is 76.2 Å². The van der Waals surface area contributed by atoms with Gasteiger partial charge in [-0.2, -0.15) is 5.10 Å². The molecule has 0 radical (unpaired) electrons. The van der Waals surface area contributed by atoms with Crippen LogP contribution in [0.25, 0.3) is 0 Å². The van der Waals surface area contributed by atoms with Gasteiger partial charge in [-0.1, -0.05) is 12.1 Å². The Bertz CT molecular complexity index is 716. The normalized spacial score (nSPS) is 19.0. The number of aromatic nitrogens is 3. The molecule has 2 aromatic heterocycles. The molecule has 0 spiro atoms. The highest BCUT2D eigenvalue weighted by Crippen LogP contribution is 2.30. The van der Waals surface area contributed by atoms with Crippen LogP contribution in [0.3, 0.4) is 0 Å². The van der Waals surface area contributed by atoms with Gasteiger partial charge in [0.25, 0.3) is 0 Å². The Balaban J connectivity index is 1.66. The lowest BCUT2D eigenvalue weighted by molar-refractivity contribution is 0.147. The molecule has 3 rings (SSSR count). The lowest BCUT2D eigenvalue weighted by atomic mass is 9.99. The number of carbonyl (C=O) groups is 1. The summed E-state index contributed by atoms with van der Waals surface area (Å²) in [6, 6.07) is 2.09. The molecule has 0 saturated carbocycles. The van der Waals surface area contributed by atoms with Gasteiger partial charge in [-0.05, 0) is 39.2 Å². The van der Waals surface area contributed by atoms with Gasteiger partial charge in [0.15, 0.2) is 0 Å². The summed E-state index contributed by atoms with van der Waals surface area (Å²) in [5.74, 6) is 0.986. The summed E-state index contributed by atoms with van der Waals surface area (Å²) in [5.41, 5.74) is 3.07. The van der Waals surface area contributed by atoms with Crippen LogP contribution in [-0.4, -0.2) is 39.0 Å². The third-order valence-electron chi connectivity index (χ3n) is 5.10. The van der Waals surface area contributed by atoms with Crippen molar-refractivity contribution < 1.29 is 9.32 Å². The highest BCUT2D eigenvalue weighted by atomic mass is 16.5. The van der Waals surface area contributed by atoms with Crippen molar-refractivity contribution in [3.63, 3.8) is 0 Å². The van der Waals surface area contributed by atoms with Gasteiger partial charge in [-0.25, -0.2) is 4.79 Å². The van der Waals surface area contributed by atoms with Gasteiger partial charge in [0.2, 0.25) is 0 Å². The molecule has 7 heteroatoms. The maximum absolute atomic E-state index is 12.8. The number of rotatable bonds is 4. The maximum Gasteiger partial charge on any atom is 0.317 e. The first-order chi connectivity index (χ1) is 12.0. The number of nitrogens with one attached hydrogen (secondary N) is 1. The third-order valence-corrected chi connectivity index (χ3v) is 5.10. The van der Waals surface area contributed by atoms with E-state index in [0.717, 1.165) is 48.5 Å². The van der Waals surface area contributed by atoms with Crippen LogP contribution < -0.4 is 5.32 Å². The Labute approximate surface area is 148 Å². The van der Waals surface area contributed by atoms with E-state index >= 15 is 0 Å². The summed E-state index contributed by atoms with van der Waals surface area (Å²) in [4.78, 5) is 14.7. The van der Waals surface area contributed by atoms with Crippen LogP contribution in [0.5, 0.6) is 0 Å². The Morgan fingerprint density at radius 2 is 2.24 bits per heavy atom. The molecule has 1 aliphatic rings. The van der Waals surface area contributed by atoms with Crippen LogP contribution in [0, 0.1) is 13.8 Å². The molecule has 1 fully saturated rings. The van der Waals surface area contributed by atoms with Crippen molar-refractivity contribution in [3.05, 3.63) is 35.0 Å². The second-order valence-electron chi connectivity index (χ2n) is 6.91. The average Bonchev–Trinajstić information content (AvgIpc) is 3.17. The minimum Gasteiger partial charge on any atom is -0.361 e. The molecule has 136 valence electrons. The zero-order valence-electron chi connectivity index (χ0n) is 15.5. The Hall–Kier alpha value is -2.31. The summed E-state index contributed by atoms with van der Waals surface area (Å²) in [7, 11) is 1.93. The van der Waals surface area contributed by atoms with E-state index in [0.29, 0.717) is 6.54 Å². The van der Waals surface area contributed by atoms with E-state index in [1.165, 1.54) is 0 Å². The first-order valence-corrected chi connectivity index (χ1v) is 8.94. The number of aryl methyl sites for hydroxylation is 3. The van der Waals surface area contributed by atoms with Crippen molar-refractivity contribution in [1.82, 2.24) is 25.2 Å². The summed E-state index contributed by atoms with van der Waals surface area (Å²) in [5, 5.41) is 11.3. The van der Waals surface area contributed by atoms with E-state index in [1.54, 1.807) is 6.20 Å². The average molecular weight is 345 g/mol. The van der Waals surface area contributed by atoms with Crippen LogP contribution in [0.2, 0.25) is 0 Å². The predicted octanol–water partition coefficient (Wildman–Crippen LogP) is 3.07. The molecule has 0 bridgehead atoms. The van der Waals surface area contributed by atoms with Crippen molar-refractivity contribution in [3.8, 4) is 0 Å². The number of hydrogen-bond acceptors (Lipinski definition) is 4. The molecule has 0 unspecified atom stereocenters. The first kappa shape index (κ1) is 17.5. The van der Waals surface area contributed by atoms with Crippen LogP contribution in [0.15, 0.2) is 16.8 Å². The quantitative estimate of drug-likeness (QED) is 0.924. The molecule has 1 saturated heterocycles. The molecule has 3 heterocycles. The van der Waals surface area contributed by atoms with E-state index in [-0.39, 0.29) is 18.0 Å². The zero-order valence-corrected chi connectivity index (χ0v) is 15.5. The van der Waals surface area contributed by atoms with Crippen LogP contribution in [-0.2, 0) is 7.05 Å². The standard InChI is InChI=1S/C18H27N5O2/c1-12(17-13(2)21-25-14(17)3)11-19-18(24)23-10-6-5-7-16(23)15-8-9-20-22(15)4/h8-9,12,16H,5-7,10-11H2,1-4H3,(H,19,24)/t12-,16-/m1/s1. The third kappa shape index (κ3) is 3.55. The van der Waals surface area contributed by atoms with Gasteiger partial charge < -0.3 is 14.7 Å². The van der Waals surface area contributed by atoms with Gasteiger partial charge in [-0.3, -0.25) is 4.68 Å². The minimum atomic E-state index is -0.00971. The maximum atomic E-state index is 12.8. The van der Waals surface area contributed by atoms with E-state index in [1.807, 2.05) is 36.5 Å². The molecule has 2 atom stereocenters. The highest BCUT2D eigenvalue weighted by molar-refractivity contribution is 5.75. The molecular weight excluding hydrogens is 318 g/mol. The smallest absolute Gasteiger partial charge is 0.317 e. The van der Waals surface area contributed by atoms with E-state index in [9.17, 15) is 4.79 Å². The number of hydrogen-bond donors (Lipinski definition) is 1. The fourth-order valence-corrected chi connectivity index (χ4v) is 3.83. The SMILES string of the molecule is Cc1noc(C)c1[C@H](C)CNC(=O)N1CCCC[C@@H]1c1ccnn1C. The van der Waals surface area contributed by atoms with Gasteiger partial charge in [0.05, 0.1) is 17.4 Å². The number of urea groups is 1. The molecule has 1 N–H and O–H groups in total. The number of likely N-dealkylation sites (tertiary alicyclic amines) is 1. The second kappa shape index (κ2) is 7.29. The van der Waals surface area contributed by atoms with Crippen molar-refractivity contribution in [2.45, 2.75) is 52.0 Å². The molecular formula is C18H27N5O2. The van der Waals surface area contributed by atoms with Gasteiger partial charge >= 0.3 is 6.03 Å². The van der Waals surface area contributed by atoms with Gasteiger partial charge in [0.1, 0.15) is 5.76 Å². The lowest BCUT2D eigenvalue weighted by Gasteiger charge is -2.36. The van der Waals surface area contributed by atoms with Crippen molar-refractivity contribution in [2.75, 3.05) is 13.1 Å². The number of carbonyl (C=O) groups excluding carboxylic acids is 1. The van der Waals surface area contributed by atoms with Crippen LogP contribution in [0.1, 0.15) is 60.9 Å². The molecule has 2 aromatic rings. The fourth-order valence-electron chi connectivity index (χ4n) is 3.83. The van der Waals surface area contributed by atoms with E-state index < -0.39 is 0 Å². The first-order valence-electron chi connectivity index (χ1n) is 8.94. The van der Waals surface area contributed by atoms with Crippen molar-refractivity contribution in [1.29, 1.82) is 0 Å². The Morgan fingerprint density at radius 3 is 2.88 bits per heavy atom. The molecule has 2 amide bonds. The summed E-state index contributed by atoms with van der Waals surface area (Å²) in [6.45, 7) is 7.28. The lowest BCUT2D eigenvalue weighted by Crippen LogP contribution is -2.46. The monoisotopic (exact) mass is 345 g/mol. The summed E-state index contributed by atoms with van der Waals surface area (Å²) >= 11 is 0. The van der Waals surface area contributed by atoms with E-state index in [4.69, 9.17) is 4.52 Å². The summed E-state index contributed by atoms with van der Waals surface area (Å²) < 4.78 is 7.10. The number of amides is 2. The fraction of sp³-hybridized carbons (Fsp3) is 0.611. The molecule has 25 heavy (non-hydrogen) atoms. The van der Waals surface area contributed by atoms with E-state index in [2.05, 4.69) is 22.5 Å². The predicted molar refractivity (Wildman–Crippen MR) is 94.3 cm³/mol. The minimum absolute atomic E-state index is 0.00971. The molecule has 7 nitrogen and oxygen atoms in total. The zero-order chi connectivity index (χ0) is 18.0. The van der Waals surface area contributed by atoms with Gasteiger partial charge in [-0.15, -0.1) is 0 Å². The molecule has 0 aromatic carbocycles. The molecule has 0 aliphatic carbocycles. The van der Waals surface area contributed by atoms with Crippen molar-refractivity contribution in [2.24, 2.45) is 7.05 Å². The highest BCUT2D eigenvalue weighted by Gasteiger charge is 2.30. The summed E-state index contributed by atoms with van der Waals surface area (Å²) in [6.07, 6.45) is 4.95. The largest absolute Gasteiger partial charge is 0.361 e. The second-order valence-corrected chi connectivity index (χ2v) is 6.91. The Morgan fingerprint density at radius 1 is 1.44 bits per heavy atom. The Kier molecular flexibility index (Phi) is 5.11. The van der Waals surface area contributed by atoms with Crippen LogP contribution >= 0.6 is 0 Å². The van der Waals surface area contributed by atoms with Gasteiger partial charge in [0, 0.05) is 37.8 Å². The van der Waals surface area contributed by atoms with Crippen molar-refractivity contribution >= 4 is 6.03 Å². The van der Waals surface area contributed by atoms with Crippen LogP contribution in [0.4, 0.5) is 4.79 Å². The number of nitrogens with zero attached hydrogens (tertiary/aromatic N) is 4.